The van der Waals surface area contributed by atoms with Crippen LogP contribution in [0.5, 0.6) is 0 Å². The van der Waals surface area contributed by atoms with E-state index in [2.05, 4.69) is 21.2 Å². The molecule has 2 aromatic carbocycles. The van der Waals surface area contributed by atoms with Crippen molar-refractivity contribution in [2.24, 2.45) is 0 Å². The van der Waals surface area contributed by atoms with Crippen molar-refractivity contribution < 1.29 is 9.59 Å². The van der Waals surface area contributed by atoms with Gasteiger partial charge in [0.25, 0.3) is 0 Å². The van der Waals surface area contributed by atoms with E-state index in [1.54, 1.807) is 16.7 Å². The SMILES string of the molecule is CC(C(=O)NC1CCCC1)N(Cc1cccc(Cl)c1)C(=O)CSCc1ccc(Br)cc1. The van der Waals surface area contributed by atoms with Crippen molar-refractivity contribution in [3.8, 4) is 0 Å². The highest BCUT2D eigenvalue weighted by molar-refractivity contribution is 9.10. The molecule has 2 amide bonds. The fourth-order valence-corrected chi connectivity index (χ4v) is 5.07. The molecule has 1 saturated carbocycles. The van der Waals surface area contributed by atoms with Crippen LogP contribution in [0.1, 0.15) is 43.7 Å². The second kappa shape index (κ2) is 11.9. The van der Waals surface area contributed by atoms with Crippen LogP contribution < -0.4 is 5.32 Å². The van der Waals surface area contributed by atoms with Crippen molar-refractivity contribution in [3.05, 3.63) is 69.2 Å². The summed E-state index contributed by atoms with van der Waals surface area (Å²) >= 11 is 11.1. The molecule has 31 heavy (non-hydrogen) atoms. The Morgan fingerprint density at radius 1 is 1.16 bits per heavy atom. The zero-order chi connectivity index (χ0) is 22.2. The predicted octanol–water partition coefficient (Wildman–Crippen LogP) is 5.81. The van der Waals surface area contributed by atoms with Crippen LogP contribution in [-0.2, 0) is 21.9 Å². The molecule has 1 N–H and O–H groups in total. The zero-order valence-electron chi connectivity index (χ0n) is 17.7. The van der Waals surface area contributed by atoms with E-state index in [1.807, 2.05) is 55.5 Å². The molecule has 7 heteroatoms. The maximum absolute atomic E-state index is 13.1. The molecule has 0 heterocycles. The van der Waals surface area contributed by atoms with Crippen LogP contribution in [0.2, 0.25) is 5.02 Å². The lowest BCUT2D eigenvalue weighted by molar-refractivity contribution is -0.138. The van der Waals surface area contributed by atoms with E-state index in [-0.39, 0.29) is 17.9 Å². The minimum atomic E-state index is -0.541. The van der Waals surface area contributed by atoms with E-state index in [1.165, 1.54) is 0 Å². The summed E-state index contributed by atoms with van der Waals surface area (Å²) < 4.78 is 1.03. The minimum absolute atomic E-state index is 0.0452. The Balaban J connectivity index is 1.65. The first-order valence-electron chi connectivity index (χ1n) is 10.6. The summed E-state index contributed by atoms with van der Waals surface area (Å²) in [6.07, 6.45) is 4.34. The Morgan fingerprint density at radius 3 is 2.55 bits per heavy atom. The monoisotopic (exact) mass is 522 g/mol. The van der Waals surface area contributed by atoms with E-state index in [9.17, 15) is 9.59 Å². The highest BCUT2D eigenvalue weighted by Gasteiger charge is 2.28. The van der Waals surface area contributed by atoms with Crippen LogP contribution in [0.3, 0.4) is 0 Å². The Hall–Kier alpha value is -1.50. The Bertz CT molecular complexity index is 887. The number of carbonyl (C=O) groups is 2. The zero-order valence-corrected chi connectivity index (χ0v) is 20.8. The Morgan fingerprint density at radius 2 is 1.87 bits per heavy atom. The summed E-state index contributed by atoms with van der Waals surface area (Å²) in [6, 6.07) is 15.2. The van der Waals surface area contributed by atoms with Crippen molar-refractivity contribution in [2.75, 3.05) is 5.75 Å². The van der Waals surface area contributed by atoms with Crippen LogP contribution in [-0.4, -0.2) is 34.6 Å². The summed E-state index contributed by atoms with van der Waals surface area (Å²) in [4.78, 5) is 27.7. The number of carbonyl (C=O) groups excluding carboxylic acids is 2. The topological polar surface area (TPSA) is 49.4 Å². The summed E-state index contributed by atoms with van der Waals surface area (Å²) in [5, 5.41) is 3.75. The highest BCUT2D eigenvalue weighted by atomic mass is 79.9. The van der Waals surface area contributed by atoms with Gasteiger partial charge >= 0.3 is 0 Å². The van der Waals surface area contributed by atoms with E-state index in [0.29, 0.717) is 17.3 Å². The molecule has 0 spiro atoms. The third kappa shape index (κ3) is 7.55. The number of hydrogen-bond donors (Lipinski definition) is 1. The molecule has 0 aromatic heterocycles. The summed E-state index contributed by atoms with van der Waals surface area (Å²) in [6.45, 7) is 2.17. The number of amides is 2. The van der Waals surface area contributed by atoms with Crippen molar-refractivity contribution >= 4 is 51.1 Å². The summed E-state index contributed by atoms with van der Waals surface area (Å²) in [5.41, 5.74) is 2.08. The second-order valence-electron chi connectivity index (χ2n) is 7.94. The van der Waals surface area contributed by atoms with Crippen LogP contribution in [0.4, 0.5) is 0 Å². The average molecular weight is 524 g/mol. The molecule has 0 bridgehead atoms. The fourth-order valence-electron chi connectivity index (χ4n) is 3.73. The first kappa shape index (κ1) is 24.1. The average Bonchev–Trinajstić information content (AvgIpc) is 3.26. The number of hydrogen-bond acceptors (Lipinski definition) is 3. The van der Waals surface area contributed by atoms with Crippen LogP contribution in [0.15, 0.2) is 53.0 Å². The number of benzene rings is 2. The summed E-state index contributed by atoms with van der Waals surface area (Å²) in [7, 11) is 0. The highest BCUT2D eigenvalue weighted by Crippen LogP contribution is 2.21. The number of nitrogens with zero attached hydrogens (tertiary/aromatic N) is 1. The maximum Gasteiger partial charge on any atom is 0.242 e. The maximum atomic E-state index is 13.1. The van der Waals surface area contributed by atoms with Gasteiger partial charge in [0.05, 0.1) is 5.75 Å². The van der Waals surface area contributed by atoms with Gasteiger partial charge in [0.15, 0.2) is 0 Å². The van der Waals surface area contributed by atoms with Gasteiger partial charge in [-0.1, -0.05) is 64.6 Å². The van der Waals surface area contributed by atoms with E-state index in [0.717, 1.165) is 47.0 Å². The number of thioether (sulfide) groups is 1. The molecule has 0 saturated heterocycles. The molecule has 1 atom stereocenters. The van der Waals surface area contributed by atoms with Gasteiger partial charge in [0.1, 0.15) is 6.04 Å². The van der Waals surface area contributed by atoms with Crippen molar-refractivity contribution in [2.45, 2.75) is 57.0 Å². The van der Waals surface area contributed by atoms with Gasteiger partial charge in [-0.2, -0.15) is 0 Å². The minimum Gasteiger partial charge on any atom is -0.352 e. The standard InChI is InChI=1S/C24H28BrClN2O2S/c1-17(24(30)27-22-7-2-3-8-22)28(14-19-5-4-6-21(26)13-19)23(29)16-31-15-18-9-11-20(25)12-10-18/h4-6,9-13,17,22H,2-3,7-8,14-16H2,1H3,(H,27,30). The molecule has 4 nitrogen and oxygen atoms in total. The van der Waals surface area contributed by atoms with Gasteiger partial charge in [-0.05, 0) is 55.2 Å². The largest absolute Gasteiger partial charge is 0.352 e. The quantitative estimate of drug-likeness (QED) is 0.451. The first-order valence-corrected chi connectivity index (χ1v) is 12.9. The Labute approximate surface area is 202 Å². The third-order valence-corrected chi connectivity index (χ3v) is 7.27. The van der Waals surface area contributed by atoms with Gasteiger partial charge < -0.3 is 10.2 Å². The van der Waals surface area contributed by atoms with E-state index < -0.39 is 6.04 Å². The molecule has 0 aliphatic heterocycles. The molecule has 166 valence electrons. The Kier molecular flexibility index (Phi) is 9.30. The van der Waals surface area contributed by atoms with Crippen molar-refractivity contribution in [1.29, 1.82) is 0 Å². The molecule has 2 aromatic rings. The lowest BCUT2D eigenvalue weighted by Gasteiger charge is -2.29. The normalized spacial score (nSPS) is 14.9. The molecular weight excluding hydrogens is 496 g/mol. The van der Waals surface area contributed by atoms with Crippen LogP contribution >= 0.6 is 39.3 Å². The van der Waals surface area contributed by atoms with Crippen LogP contribution in [0.25, 0.3) is 0 Å². The molecule has 1 aliphatic rings. The number of halogens is 2. The third-order valence-electron chi connectivity index (χ3n) is 5.52. The van der Waals surface area contributed by atoms with Gasteiger partial charge in [-0.3, -0.25) is 9.59 Å². The second-order valence-corrected chi connectivity index (χ2v) is 10.3. The van der Waals surface area contributed by atoms with Gasteiger partial charge in [-0.25, -0.2) is 0 Å². The molecule has 0 radical (unpaired) electrons. The van der Waals surface area contributed by atoms with Crippen LogP contribution in [0, 0.1) is 0 Å². The fraction of sp³-hybridized carbons (Fsp3) is 0.417. The molecule has 1 aliphatic carbocycles. The first-order chi connectivity index (χ1) is 14.9. The molecule has 3 rings (SSSR count). The number of nitrogens with one attached hydrogen (secondary N) is 1. The van der Waals surface area contributed by atoms with Gasteiger partial charge in [0, 0.05) is 27.8 Å². The van der Waals surface area contributed by atoms with Crippen molar-refractivity contribution in [3.63, 3.8) is 0 Å². The van der Waals surface area contributed by atoms with E-state index in [4.69, 9.17) is 11.6 Å². The summed E-state index contributed by atoms with van der Waals surface area (Å²) in [5.74, 6) is 0.931. The molecule has 1 unspecified atom stereocenters. The van der Waals surface area contributed by atoms with Crippen molar-refractivity contribution in [1.82, 2.24) is 10.2 Å². The lowest BCUT2D eigenvalue weighted by atomic mass is 10.1. The smallest absolute Gasteiger partial charge is 0.242 e. The molecular formula is C24H28BrClN2O2S. The van der Waals surface area contributed by atoms with E-state index >= 15 is 0 Å². The van der Waals surface area contributed by atoms with Gasteiger partial charge in [0.2, 0.25) is 11.8 Å². The number of rotatable bonds is 9. The lowest BCUT2D eigenvalue weighted by Crippen LogP contribution is -2.50. The predicted molar refractivity (Wildman–Crippen MR) is 132 cm³/mol. The van der Waals surface area contributed by atoms with Gasteiger partial charge in [-0.15, -0.1) is 11.8 Å². The molecule has 1 fully saturated rings.